The molecule has 6 N–H and O–H groups in total. The summed E-state index contributed by atoms with van der Waals surface area (Å²) in [5.74, 6) is -0.273. The summed E-state index contributed by atoms with van der Waals surface area (Å²) in [6, 6.07) is 3.97. The molecule has 0 radical (unpaired) electrons. The third-order valence-corrected chi connectivity index (χ3v) is 5.74. The molecule has 0 bridgehead atoms. The molecule has 30 heavy (non-hydrogen) atoms. The van der Waals surface area contributed by atoms with E-state index in [1.807, 2.05) is 32.9 Å². The van der Waals surface area contributed by atoms with Crippen LogP contribution in [-0.2, 0) is 11.2 Å². The zero-order valence-corrected chi connectivity index (χ0v) is 17.3. The van der Waals surface area contributed by atoms with E-state index < -0.39 is 37.2 Å². The van der Waals surface area contributed by atoms with Gasteiger partial charge >= 0.3 is 0 Å². The average molecular weight is 419 g/mol. The van der Waals surface area contributed by atoms with Gasteiger partial charge in [-0.3, -0.25) is 4.79 Å². The van der Waals surface area contributed by atoms with Crippen LogP contribution in [0.2, 0.25) is 0 Å². The molecule has 9 heteroatoms. The highest BCUT2D eigenvalue weighted by atomic mass is 16.4. The number of amides is 1. The highest BCUT2D eigenvalue weighted by molar-refractivity contribution is 6.27. The van der Waals surface area contributed by atoms with Crippen LogP contribution in [0, 0.1) is 13.8 Å². The molecule has 2 heterocycles. The number of aliphatic hydroxyl groups is 5. The number of aliphatic imine (C=N–C) groups is 1. The second-order valence-corrected chi connectivity index (χ2v) is 7.94. The zero-order valence-electron chi connectivity index (χ0n) is 17.3. The first-order valence-electron chi connectivity index (χ1n) is 9.93. The maximum Gasteiger partial charge on any atom is 0.258 e. The molecule has 0 fully saturated rings. The van der Waals surface area contributed by atoms with Crippen molar-refractivity contribution in [3.8, 4) is 0 Å². The van der Waals surface area contributed by atoms with Crippen LogP contribution in [0.1, 0.15) is 30.0 Å². The Morgan fingerprint density at radius 2 is 1.80 bits per heavy atom. The van der Waals surface area contributed by atoms with Crippen LogP contribution in [0.15, 0.2) is 28.3 Å². The number of hydrogen-bond donors (Lipinski definition) is 6. The molecule has 4 atom stereocenters. The second-order valence-electron chi connectivity index (χ2n) is 7.94. The van der Waals surface area contributed by atoms with Gasteiger partial charge in [0, 0.05) is 5.69 Å². The van der Waals surface area contributed by atoms with E-state index in [0.717, 1.165) is 22.3 Å². The normalized spacial score (nSPS) is 22.3. The molecule has 0 spiro atoms. The molecular formula is C21H29N3O6. The van der Waals surface area contributed by atoms with Gasteiger partial charge in [-0.05, 0) is 56.4 Å². The fraction of sp³-hybridized carbons (Fsp3) is 0.524. The van der Waals surface area contributed by atoms with E-state index in [1.165, 1.54) is 0 Å². The van der Waals surface area contributed by atoms with E-state index in [4.69, 9.17) is 5.11 Å². The van der Waals surface area contributed by atoms with Gasteiger partial charge in [-0.25, -0.2) is 4.99 Å². The molecule has 1 amide bonds. The van der Waals surface area contributed by atoms with Crippen molar-refractivity contribution in [3.05, 3.63) is 40.0 Å². The molecule has 9 nitrogen and oxygen atoms in total. The van der Waals surface area contributed by atoms with Crippen LogP contribution in [0.25, 0.3) is 0 Å². The lowest BCUT2D eigenvalue weighted by atomic mass is 9.92. The molecule has 164 valence electrons. The minimum absolute atomic E-state index is 0.192. The molecule has 3 rings (SSSR count). The minimum Gasteiger partial charge on any atom is -0.394 e. The quantitative estimate of drug-likeness (QED) is 0.368. The lowest BCUT2D eigenvalue weighted by Crippen LogP contribution is -2.52. The van der Waals surface area contributed by atoms with E-state index in [-0.39, 0.29) is 12.4 Å². The highest BCUT2D eigenvalue weighted by Gasteiger charge is 2.36. The standard InChI is InChI=1S/C21H29N3O6/c1-10-4-5-13-6-11(2)12(3)7-14(13)24(8-15(26)18(28)16(27)9-25)19-17(10)20(29)23-21(30)22-19/h6-7,15-16,18,21,25-28,30H,4-5,8-9H2,1-3H3,(H,23,29). The average Bonchev–Trinajstić information content (AvgIpc) is 2.69. The first kappa shape index (κ1) is 22.4. The Hall–Kier alpha value is -2.30. The Bertz CT molecular complexity index is 897. The summed E-state index contributed by atoms with van der Waals surface area (Å²) in [5.41, 5.74) is 4.87. The minimum atomic E-state index is -1.60. The number of amidine groups is 1. The van der Waals surface area contributed by atoms with E-state index in [9.17, 15) is 25.2 Å². The maximum absolute atomic E-state index is 12.6. The van der Waals surface area contributed by atoms with Crippen LogP contribution in [-0.4, -0.2) is 75.1 Å². The van der Waals surface area contributed by atoms with Gasteiger partial charge in [0.15, 0.2) is 0 Å². The number of anilines is 1. The number of nitrogens with one attached hydrogen (secondary N) is 1. The first-order chi connectivity index (χ1) is 14.1. The smallest absolute Gasteiger partial charge is 0.258 e. The van der Waals surface area contributed by atoms with E-state index in [2.05, 4.69) is 10.3 Å². The first-order valence-corrected chi connectivity index (χ1v) is 9.93. The van der Waals surface area contributed by atoms with Crippen LogP contribution >= 0.6 is 0 Å². The SMILES string of the molecule is CC1=C2C(=O)NC(O)N=C2N(CC(O)C(O)C(O)CO)c2cc(C)c(C)cc2CC1. The number of β-amino-alcohol motifs (C(OH)–C–C–N with tert-alkyl or cyclic N) is 1. The van der Waals surface area contributed by atoms with Crippen molar-refractivity contribution in [1.82, 2.24) is 5.32 Å². The molecule has 0 saturated heterocycles. The number of benzene rings is 1. The summed E-state index contributed by atoms with van der Waals surface area (Å²) in [5, 5.41) is 52.0. The fourth-order valence-corrected chi connectivity index (χ4v) is 3.81. The van der Waals surface area contributed by atoms with Gasteiger partial charge in [0.25, 0.3) is 5.91 Å². The molecule has 0 saturated carbocycles. The van der Waals surface area contributed by atoms with Crippen molar-refractivity contribution in [2.45, 2.75) is 58.3 Å². The summed E-state index contributed by atoms with van der Waals surface area (Å²) in [6.07, 6.45) is -4.74. The van der Waals surface area contributed by atoms with Crippen LogP contribution < -0.4 is 10.2 Å². The number of aliphatic hydroxyl groups excluding tert-OH is 5. The molecular weight excluding hydrogens is 390 g/mol. The van der Waals surface area contributed by atoms with Crippen molar-refractivity contribution in [3.63, 3.8) is 0 Å². The zero-order chi connectivity index (χ0) is 22.2. The van der Waals surface area contributed by atoms with Crippen LogP contribution in [0.4, 0.5) is 5.69 Å². The van der Waals surface area contributed by atoms with Gasteiger partial charge in [-0.15, -0.1) is 0 Å². The van der Waals surface area contributed by atoms with Gasteiger partial charge in [0.1, 0.15) is 24.1 Å². The summed E-state index contributed by atoms with van der Waals surface area (Å²) < 4.78 is 0. The van der Waals surface area contributed by atoms with Gasteiger partial charge in [-0.2, -0.15) is 0 Å². The Kier molecular flexibility index (Phi) is 6.59. The molecule has 2 aliphatic rings. The lowest BCUT2D eigenvalue weighted by Gasteiger charge is -2.37. The molecule has 1 aromatic carbocycles. The van der Waals surface area contributed by atoms with E-state index in [1.54, 1.807) is 4.90 Å². The Labute approximate surface area is 175 Å². The third kappa shape index (κ3) is 4.26. The van der Waals surface area contributed by atoms with Crippen LogP contribution in [0.5, 0.6) is 0 Å². The molecule has 1 aromatic rings. The predicted octanol–water partition coefficient (Wildman–Crippen LogP) is -0.748. The second kappa shape index (κ2) is 8.83. The summed E-state index contributed by atoms with van der Waals surface area (Å²) in [4.78, 5) is 18.5. The van der Waals surface area contributed by atoms with Gasteiger partial charge in [0.2, 0.25) is 6.35 Å². The van der Waals surface area contributed by atoms with Gasteiger partial charge < -0.3 is 35.7 Å². The van der Waals surface area contributed by atoms with Gasteiger partial charge in [-0.1, -0.05) is 11.6 Å². The Balaban J connectivity index is 2.15. The van der Waals surface area contributed by atoms with Crippen LogP contribution in [0.3, 0.4) is 0 Å². The molecule has 2 aliphatic heterocycles. The topological polar surface area (TPSA) is 146 Å². The summed E-state index contributed by atoms with van der Waals surface area (Å²) >= 11 is 0. The number of nitrogens with zero attached hydrogens (tertiary/aromatic N) is 2. The summed E-state index contributed by atoms with van der Waals surface area (Å²) in [6.45, 7) is 4.86. The number of hydrogen-bond acceptors (Lipinski definition) is 8. The number of fused-ring (bicyclic) bond motifs is 2. The Morgan fingerprint density at radius 1 is 1.13 bits per heavy atom. The molecule has 0 aromatic heterocycles. The number of rotatable bonds is 5. The monoisotopic (exact) mass is 419 g/mol. The molecule has 4 unspecified atom stereocenters. The number of aryl methyl sites for hydroxylation is 3. The van der Waals surface area contributed by atoms with Gasteiger partial charge in [0.05, 0.1) is 18.7 Å². The number of carbonyl (C=O) groups excluding carboxylic acids is 1. The lowest BCUT2D eigenvalue weighted by molar-refractivity contribution is -0.120. The predicted molar refractivity (Wildman–Crippen MR) is 111 cm³/mol. The van der Waals surface area contributed by atoms with Crippen molar-refractivity contribution < 1.29 is 30.3 Å². The largest absolute Gasteiger partial charge is 0.394 e. The summed E-state index contributed by atoms with van der Waals surface area (Å²) in [7, 11) is 0. The van der Waals surface area contributed by atoms with Crippen molar-refractivity contribution >= 4 is 17.4 Å². The van der Waals surface area contributed by atoms with Crippen molar-refractivity contribution in [1.29, 1.82) is 0 Å². The fourth-order valence-electron chi connectivity index (χ4n) is 3.81. The number of allylic oxidation sites excluding steroid dienone is 1. The highest BCUT2D eigenvalue weighted by Crippen LogP contribution is 2.33. The Morgan fingerprint density at radius 3 is 2.47 bits per heavy atom. The molecule has 0 aliphatic carbocycles. The third-order valence-electron chi connectivity index (χ3n) is 5.74. The van der Waals surface area contributed by atoms with Crippen molar-refractivity contribution in [2.75, 3.05) is 18.1 Å². The van der Waals surface area contributed by atoms with Crippen molar-refractivity contribution in [2.24, 2.45) is 4.99 Å². The maximum atomic E-state index is 12.6. The number of carbonyl (C=O) groups is 1. The van der Waals surface area contributed by atoms with E-state index >= 15 is 0 Å². The van der Waals surface area contributed by atoms with E-state index in [0.29, 0.717) is 24.1 Å².